The highest BCUT2D eigenvalue weighted by Crippen LogP contribution is 2.29. The quantitative estimate of drug-likeness (QED) is 0.769. The van der Waals surface area contributed by atoms with Crippen LogP contribution in [-0.4, -0.2) is 27.2 Å². The Morgan fingerprint density at radius 1 is 1.25 bits per heavy atom. The number of H-pyrrole nitrogens is 1. The summed E-state index contributed by atoms with van der Waals surface area (Å²) < 4.78 is 32.1. The minimum atomic E-state index is -0.687. The van der Waals surface area contributed by atoms with Crippen LogP contribution in [0, 0.1) is 11.6 Å². The number of hydrogen-bond acceptors (Lipinski definition) is 5. The van der Waals surface area contributed by atoms with Crippen molar-refractivity contribution in [2.75, 3.05) is 12.4 Å². The molecule has 0 aliphatic rings. The number of hydrogen-bond donors (Lipinski definition) is 2. The molecular formula is C12H9F2N5O. The van der Waals surface area contributed by atoms with Gasteiger partial charge in [-0.3, -0.25) is 5.10 Å². The van der Waals surface area contributed by atoms with Crippen LogP contribution in [0.3, 0.4) is 0 Å². The maximum atomic E-state index is 13.6. The highest BCUT2D eigenvalue weighted by atomic mass is 19.1. The van der Waals surface area contributed by atoms with Crippen LogP contribution in [0.25, 0.3) is 11.0 Å². The third-order valence-corrected chi connectivity index (χ3v) is 2.60. The molecule has 0 saturated carbocycles. The lowest BCUT2D eigenvalue weighted by molar-refractivity contribution is 0.427. The number of nitrogens with zero attached hydrogens (tertiary/aromatic N) is 3. The molecule has 0 aliphatic carbocycles. The van der Waals surface area contributed by atoms with E-state index in [4.69, 9.17) is 4.74 Å². The van der Waals surface area contributed by atoms with Crippen LogP contribution in [0.5, 0.6) is 11.6 Å². The number of nitrogens with one attached hydrogen (secondary N) is 2. The van der Waals surface area contributed by atoms with Gasteiger partial charge in [0.05, 0.1) is 6.20 Å². The summed E-state index contributed by atoms with van der Waals surface area (Å²) in [6.45, 7) is 0. The Hall–Kier alpha value is -2.77. The Morgan fingerprint density at radius 3 is 2.90 bits per heavy atom. The molecule has 0 radical (unpaired) electrons. The lowest BCUT2D eigenvalue weighted by Crippen LogP contribution is -1.99. The minimum Gasteiger partial charge on any atom is -0.435 e. The lowest BCUT2D eigenvalue weighted by Gasteiger charge is -2.08. The standard InChI is InChI=1S/C12H9F2N5O/c1-15-12-17-10-7(5-16-19-10)11(18-12)20-9-4-6(13)2-3-8(9)14/h2-5H,1H3,(H2,15,16,17,18,19). The zero-order valence-electron chi connectivity index (χ0n) is 10.3. The van der Waals surface area contributed by atoms with Crippen LogP contribution in [0.4, 0.5) is 14.7 Å². The first-order valence-electron chi connectivity index (χ1n) is 5.69. The smallest absolute Gasteiger partial charge is 0.235 e. The minimum absolute atomic E-state index is 0.0811. The number of aromatic nitrogens is 4. The van der Waals surface area contributed by atoms with Gasteiger partial charge in [-0.05, 0) is 12.1 Å². The molecule has 1 aromatic carbocycles. The topological polar surface area (TPSA) is 75.7 Å². The zero-order chi connectivity index (χ0) is 14.1. The molecule has 3 aromatic rings. The molecule has 102 valence electrons. The molecule has 0 bridgehead atoms. The van der Waals surface area contributed by atoms with Gasteiger partial charge in [0.25, 0.3) is 0 Å². The van der Waals surface area contributed by atoms with E-state index in [0.29, 0.717) is 11.0 Å². The maximum Gasteiger partial charge on any atom is 0.235 e. The monoisotopic (exact) mass is 277 g/mol. The highest BCUT2D eigenvalue weighted by Gasteiger charge is 2.13. The fourth-order valence-corrected chi connectivity index (χ4v) is 1.66. The number of fused-ring (bicyclic) bond motifs is 1. The second-order valence-electron chi connectivity index (χ2n) is 3.91. The molecule has 20 heavy (non-hydrogen) atoms. The van der Waals surface area contributed by atoms with Crippen molar-refractivity contribution in [3.05, 3.63) is 36.0 Å². The van der Waals surface area contributed by atoms with Gasteiger partial charge in [-0.2, -0.15) is 15.1 Å². The molecule has 2 heterocycles. The number of anilines is 1. The summed E-state index contributed by atoms with van der Waals surface area (Å²) in [6, 6.07) is 2.94. The number of ether oxygens (including phenoxy) is 1. The Balaban J connectivity index is 2.09. The van der Waals surface area contributed by atoms with Crippen molar-refractivity contribution in [3.8, 4) is 11.6 Å². The molecule has 0 unspecified atom stereocenters. The van der Waals surface area contributed by atoms with E-state index in [1.165, 1.54) is 6.20 Å². The third kappa shape index (κ3) is 2.11. The fraction of sp³-hybridized carbons (Fsp3) is 0.0833. The van der Waals surface area contributed by atoms with Gasteiger partial charge < -0.3 is 10.1 Å². The Morgan fingerprint density at radius 2 is 2.10 bits per heavy atom. The molecule has 2 aromatic heterocycles. The van der Waals surface area contributed by atoms with Crippen molar-refractivity contribution < 1.29 is 13.5 Å². The molecule has 0 fully saturated rings. The molecule has 0 atom stereocenters. The average molecular weight is 277 g/mol. The number of aromatic amines is 1. The normalized spacial score (nSPS) is 10.8. The Kier molecular flexibility index (Phi) is 2.90. The van der Waals surface area contributed by atoms with Gasteiger partial charge in [0.1, 0.15) is 11.2 Å². The maximum absolute atomic E-state index is 13.6. The summed E-state index contributed by atoms with van der Waals surface area (Å²) >= 11 is 0. The average Bonchev–Trinajstić information content (AvgIpc) is 2.91. The number of halogens is 2. The molecule has 0 saturated heterocycles. The van der Waals surface area contributed by atoms with Gasteiger partial charge in [-0.1, -0.05) is 0 Å². The van der Waals surface area contributed by atoms with E-state index >= 15 is 0 Å². The molecule has 8 heteroatoms. The summed E-state index contributed by atoms with van der Waals surface area (Å²) in [5.41, 5.74) is 0.427. The van der Waals surface area contributed by atoms with Gasteiger partial charge in [-0.25, -0.2) is 8.78 Å². The summed E-state index contributed by atoms with van der Waals surface area (Å²) in [7, 11) is 1.63. The van der Waals surface area contributed by atoms with Gasteiger partial charge in [0, 0.05) is 13.1 Å². The fourth-order valence-electron chi connectivity index (χ4n) is 1.66. The first-order valence-corrected chi connectivity index (χ1v) is 5.69. The summed E-state index contributed by atoms with van der Waals surface area (Å²) in [5, 5.41) is 9.68. The van der Waals surface area contributed by atoms with Gasteiger partial charge in [-0.15, -0.1) is 0 Å². The van der Waals surface area contributed by atoms with Crippen molar-refractivity contribution in [1.82, 2.24) is 20.2 Å². The van der Waals surface area contributed by atoms with E-state index < -0.39 is 11.6 Å². The zero-order valence-corrected chi connectivity index (χ0v) is 10.3. The van der Waals surface area contributed by atoms with Crippen molar-refractivity contribution in [2.24, 2.45) is 0 Å². The van der Waals surface area contributed by atoms with E-state index in [2.05, 4.69) is 25.5 Å². The predicted molar refractivity (Wildman–Crippen MR) is 67.7 cm³/mol. The van der Waals surface area contributed by atoms with Crippen molar-refractivity contribution in [3.63, 3.8) is 0 Å². The molecule has 2 N–H and O–H groups in total. The van der Waals surface area contributed by atoms with E-state index in [1.807, 2.05) is 0 Å². The first kappa shape index (κ1) is 12.3. The van der Waals surface area contributed by atoms with Crippen LogP contribution in [0.2, 0.25) is 0 Å². The SMILES string of the molecule is CNc1nc(Oc2cc(F)ccc2F)c2cn[nH]c2n1. The first-order chi connectivity index (χ1) is 9.67. The van der Waals surface area contributed by atoms with E-state index in [-0.39, 0.29) is 17.6 Å². The van der Waals surface area contributed by atoms with Gasteiger partial charge >= 0.3 is 0 Å². The van der Waals surface area contributed by atoms with Crippen molar-refractivity contribution in [2.45, 2.75) is 0 Å². The van der Waals surface area contributed by atoms with Gasteiger partial charge in [0.15, 0.2) is 17.2 Å². The van der Waals surface area contributed by atoms with Crippen molar-refractivity contribution >= 4 is 17.0 Å². The third-order valence-electron chi connectivity index (χ3n) is 2.60. The molecule has 0 aliphatic heterocycles. The van der Waals surface area contributed by atoms with E-state index in [0.717, 1.165) is 18.2 Å². The molecular weight excluding hydrogens is 268 g/mol. The molecule has 0 spiro atoms. The highest BCUT2D eigenvalue weighted by molar-refractivity contribution is 5.80. The largest absolute Gasteiger partial charge is 0.435 e. The summed E-state index contributed by atoms with van der Waals surface area (Å²) in [5.74, 6) is -1.19. The number of rotatable bonds is 3. The number of benzene rings is 1. The van der Waals surface area contributed by atoms with Crippen LogP contribution in [0.1, 0.15) is 0 Å². The van der Waals surface area contributed by atoms with E-state index in [1.54, 1.807) is 7.05 Å². The molecule has 3 rings (SSSR count). The summed E-state index contributed by atoms with van der Waals surface area (Å²) in [6.07, 6.45) is 1.45. The summed E-state index contributed by atoms with van der Waals surface area (Å²) in [4.78, 5) is 8.17. The van der Waals surface area contributed by atoms with Crippen LogP contribution in [-0.2, 0) is 0 Å². The van der Waals surface area contributed by atoms with Crippen LogP contribution >= 0.6 is 0 Å². The molecule has 6 nitrogen and oxygen atoms in total. The predicted octanol–water partition coefficient (Wildman–Crippen LogP) is 2.47. The molecule has 0 amide bonds. The van der Waals surface area contributed by atoms with Crippen LogP contribution < -0.4 is 10.1 Å². The van der Waals surface area contributed by atoms with Gasteiger partial charge in [0.2, 0.25) is 11.8 Å². The second-order valence-corrected chi connectivity index (χ2v) is 3.91. The Labute approximate surface area is 111 Å². The second kappa shape index (κ2) is 4.72. The van der Waals surface area contributed by atoms with Crippen molar-refractivity contribution in [1.29, 1.82) is 0 Å². The van der Waals surface area contributed by atoms with E-state index in [9.17, 15) is 8.78 Å². The lowest BCUT2D eigenvalue weighted by atomic mass is 10.3. The Bertz CT molecular complexity index is 774. The van der Waals surface area contributed by atoms with Crippen LogP contribution in [0.15, 0.2) is 24.4 Å².